The SMILES string of the molecule is C=C(c1cccs1)[C@H]1CC(C(=O)OC)(C(=O)OC)[C@@H](c2ccccc2)N1S(=O)(=O)c1ccc(C)cc1. The number of thiophene rings is 1. The Bertz CT molecular complexity index is 1350. The van der Waals surface area contributed by atoms with E-state index in [1.54, 1.807) is 42.5 Å². The van der Waals surface area contributed by atoms with Crippen LogP contribution in [-0.2, 0) is 29.1 Å². The smallest absolute Gasteiger partial charge is 0.325 e. The maximum atomic E-state index is 14.3. The molecule has 0 spiro atoms. The van der Waals surface area contributed by atoms with Crippen molar-refractivity contribution < 1.29 is 27.5 Å². The summed E-state index contributed by atoms with van der Waals surface area (Å²) >= 11 is 1.40. The molecule has 1 aromatic heterocycles. The fraction of sp³-hybridized carbons (Fsp3) is 0.259. The Hall–Kier alpha value is -3.27. The van der Waals surface area contributed by atoms with Crippen molar-refractivity contribution in [3.05, 3.63) is 94.7 Å². The highest BCUT2D eigenvalue weighted by Crippen LogP contribution is 2.56. The molecule has 7 nitrogen and oxygen atoms in total. The summed E-state index contributed by atoms with van der Waals surface area (Å²) in [6.07, 6.45) is -0.187. The summed E-state index contributed by atoms with van der Waals surface area (Å²) in [4.78, 5) is 27.7. The van der Waals surface area contributed by atoms with Gasteiger partial charge in [-0.3, -0.25) is 9.59 Å². The largest absolute Gasteiger partial charge is 0.468 e. The number of sulfonamides is 1. The molecule has 0 N–H and O–H groups in total. The third-order valence-corrected chi connectivity index (χ3v) is 9.43. The summed E-state index contributed by atoms with van der Waals surface area (Å²) in [5.74, 6) is -1.73. The summed E-state index contributed by atoms with van der Waals surface area (Å²) in [7, 11) is -1.88. The molecular formula is C27H27NO6S2. The van der Waals surface area contributed by atoms with Crippen molar-refractivity contribution in [1.29, 1.82) is 0 Å². The van der Waals surface area contributed by atoms with Crippen molar-refractivity contribution in [2.75, 3.05) is 14.2 Å². The zero-order chi connectivity index (χ0) is 26.1. The van der Waals surface area contributed by atoms with Crippen molar-refractivity contribution >= 4 is 38.9 Å². The molecule has 0 bridgehead atoms. The monoisotopic (exact) mass is 525 g/mol. The van der Waals surface area contributed by atoms with Gasteiger partial charge in [-0.05, 0) is 48.1 Å². The van der Waals surface area contributed by atoms with Crippen molar-refractivity contribution in [2.45, 2.75) is 30.3 Å². The topological polar surface area (TPSA) is 90.0 Å². The molecule has 0 amide bonds. The second kappa shape index (κ2) is 10.0. The third kappa shape index (κ3) is 4.17. The van der Waals surface area contributed by atoms with Gasteiger partial charge in [-0.2, -0.15) is 4.31 Å². The number of benzene rings is 2. The van der Waals surface area contributed by atoms with Gasteiger partial charge in [0.25, 0.3) is 0 Å². The first-order valence-electron chi connectivity index (χ1n) is 11.2. The Morgan fingerprint density at radius 2 is 1.58 bits per heavy atom. The maximum absolute atomic E-state index is 14.3. The highest BCUT2D eigenvalue weighted by Gasteiger charge is 2.67. The molecule has 188 valence electrons. The summed E-state index contributed by atoms with van der Waals surface area (Å²) in [5.41, 5.74) is -0.109. The van der Waals surface area contributed by atoms with Crippen LogP contribution >= 0.6 is 11.3 Å². The van der Waals surface area contributed by atoms with Crippen LogP contribution in [0.1, 0.15) is 28.5 Å². The molecule has 0 saturated carbocycles. The lowest BCUT2D eigenvalue weighted by Crippen LogP contribution is -2.47. The average molecular weight is 526 g/mol. The van der Waals surface area contributed by atoms with Crippen LogP contribution < -0.4 is 0 Å². The Morgan fingerprint density at radius 1 is 0.972 bits per heavy atom. The second-order valence-electron chi connectivity index (χ2n) is 8.64. The zero-order valence-electron chi connectivity index (χ0n) is 20.2. The molecule has 2 heterocycles. The fourth-order valence-corrected chi connectivity index (χ4v) is 7.44. The molecule has 0 radical (unpaired) electrons. The van der Waals surface area contributed by atoms with E-state index in [1.807, 2.05) is 24.4 Å². The van der Waals surface area contributed by atoms with E-state index in [2.05, 4.69) is 6.58 Å². The van der Waals surface area contributed by atoms with Crippen molar-refractivity contribution in [2.24, 2.45) is 5.41 Å². The van der Waals surface area contributed by atoms with Gasteiger partial charge in [0, 0.05) is 4.88 Å². The average Bonchev–Trinajstić information content (AvgIpc) is 3.56. The minimum atomic E-state index is -4.23. The van der Waals surface area contributed by atoms with Crippen LogP contribution in [0.4, 0.5) is 0 Å². The number of ether oxygens (including phenoxy) is 2. The lowest BCUT2D eigenvalue weighted by atomic mass is 9.76. The van der Waals surface area contributed by atoms with Crippen LogP contribution in [0.5, 0.6) is 0 Å². The van der Waals surface area contributed by atoms with E-state index in [1.165, 1.54) is 42.0 Å². The molecule has 9 heteroatoms. The lowest BCUT2D eigenvalue weighted by Gasteiger charge is -2.34. The number of nitrogens with zero attached hydrogens (tertiary/aromatic N) is 1. The first kappa shape index (κ1) is 25.8. The van der Waals surface area contributed by atoms with E-state index in [0.29, 0.717) is 11.1 Å². The summed E-state index contributed by atoms with van der Waals surface area (Å²) in [6, 6.07) is 16.6. The quantitative estimate of drug-likeness (QED) is 0.331. The van der Waals surface area contributed by atoms with E-state index < -0.39 is 39.5 Å². The molecule has 2 aromatic carbocycles. The van der Waals surface area contributed by atoms with Crippen LogP contribution in [-0.4, -0.2) is 44.9 Å². The minimum absolute atomic E-state index is 0.0449. The van der Waals surface area contributed by atoms with E-state index >= 15 is 0 Å². The number of carbonyl (C=O) groups is 2. The van der Waals surface area contributed by atoms with Crippen LogP contribution in [0, 0.1) is 12.3 Å². The molecular weight excluding hydrogens is 498 g/mol. The van der Waals surface area contributed by atoms with Crippen molar-refractivity contribution in [1.82, 2.24) is 4.31 Å². The molecule has 3 aromatic rings. The van der Waals surface area contributed by atoms with Gasteiger partial charge in [-0.25, -0.2) is 8.42 Å². The summed E-state index contributed by atoms with van der Waals surface area (Å²) in [6.45, 7) is 6.08. The van der Waals surface area contributed by atoms with Crippen molar-refractivity contribution in [3.8, 4) is 0 Å². The van der Waals surface area contributed by atoms with Crippen molar-refractivity contribution in [3.63, 3.8) is 0 Å². The first-order valence-corrected chi connectivity index (χ1v) is 13.5. The number of hydrogen-bond acceptors (Lipinski definition) is 7. The number of aryl methyl sites for hydroxylation is 1. The molecule has 1 aliphatic heterocycles. The van der Waals surface area contributed by atoms with E-state index in [-0.39, 0.29) is 11.3 Å². The van der Waals surface area contributed by atoms with Gasteiger partial charge in [0.2, 0.25) is 10.0 Å². The van der Waals surface area contributed by atoms with Gasteiger partial charge >= 0.3 is 11.9 Å². The number of methoxy groups -OCH3 is 2. The Morgan fingerprint density at radius 3 is 2.11 bits per heavy atom. The lowest BCUT2D eigenvalue weighted by molar-refractivity contribution is -0.170. The van der Waals surface area contributed by atoms with E-state index in [0.717, 1.165) is 10.4 Å². The van der Waals surface area contributed by atoms with Gasteiger partial charge < -0.3 is 9.47 Å². The van der Waals surface area contributed by atoms with Crippen LogP contribution in [0.15, 0.2) is 83.6 Å². The molecule has 1 saturated heterocycles. The molecule has 4 rings (SSSR count). The summed E-state index contributed by atoms with van der Waals surface area (Å²) in [5, 5.41) is 1.86. The molecule has 2 atom stereocenters. The third-order valence-electron chi connectivity index (χ3n) is 6.59. The number of esters is 2. The van der Waals surface area contributed by atoms with Gasteiger partial charge in [0.05, 0.1) is 31.2 Å². The second-order valence-corrected chi connectivity index (χ2v) is 11.4. The van der Waals surface area contributed by atoms with E-state index in [4.69, 9.17) is 9.47 Å². The first-order chi connectivity index (χ1) is 17.2. The van der Waals surface area contributed by atoms with Crippen LogP contribution in [0.2, 0.25) is 0 Å². The number of hydrogen-bond donors (Lipinski definition) is 0. The van der Waals surface area contributed by atoms with Gasteiger partial charge in [-0.15, -0.1) is 11.3 Å². The number of rotatable bonds is 7. The molecule has 1 aliphatic rings. The number of carbonyl (C=O) groups excluding carboxylic acids is 2. The molecule has 0 aliphatic carbocycles. The van der Waals surface area contributed by atoms with Crippen LogP contribution in [0.3, 0.4) is 0 Å². The molecule has 1 fully saturated rings. The predicted octanol–water partition coefficient (Wildman–Crippen LogP) is 4.61. The Labute approximate surface area is 215 Å². The van der Waals surface area contributed by atoms with Gasteiger partial charge in [0.1, 0.15) is 0 Å². The van der Waals surface area contributed by atoms with E-state index in [9.17, 15) is 18.0 Å². The predicted molar refractivity (Wildman–Crippen MR) is 138 cm³/mol. The maximum Gasteiger partial charge on any atom is 0.325 e. The van der Waals surface area contributed by atoms with Crippen LogP contribution in [0.25, 0.3) is 5.57 Å². The van der Waals surface area contributed by atoms with Gasteiger partial charge in [-0.1, -0.05) is 60.7 Å². The Balaban J connectivity index is 2.04. The van der Waals surface area contributed by atoms with Gasteiger partial charge in [0.15, 0.2) is 5.41 Å². The Kier molecular flexibility index (Phi) is 7.17. The minimum Gasteiger partial charge on any atom is -0.468 e. The molecule has 36 heavy (non-hydrogen) atoms. The normalized spacial score (nSPS) is 19.5. The fourth-order valence-electron chi connectivity index (χ4n) is 4.85. The highest BCUT2D eigenvalue weighted by molar-refractivity contribution is 7.89. The highest BCUT2D eigenvalue weighted by atomic mass is 32.2. The summed E-state index contributed by atoms with van der Waals surface area (Å²) < 4.78 is 40.1. The standard InChI is InChI=1S/C27H27NO6S2/c1-18-12-14-21(15-13-18)36(31,32)28-22(19(2)23-11-8-16-35-23)17-27(25(29)33-3,26(30)34-4)24(28)20-9-6-5-7-10-20/h5-16,22,24H,2,17H2,1,3-4H3/t22-,24-/m1/s1. The molecule has 0 unspecified atom stereocenters. The zero-order valence-corrected chi connectivity index (χ0v) is 21.8.